The van der Waals surface area contributed by atoms with Gasteiger partial charge in [0, 0.05) is 22.5 Å². The van der Waals surface area contributed by atoms with Gasteiger partial charge in [-0.05, 0) is 61.9 Å². The fraction of sp³-hybridized carbons (Fsp3) is 0.0833. The molecule has 0 radical (unpaired) electrons. The summed E-state index contributed by atoms with van der Waals surface area (Å²) in [5, 5.41) is 5.60. The predicted molar refractivity (Wildman–Crippen MR) is 116 cm³/mol. The second kappa shape index (κ2) is 8.02. The van der Waals surface area contributed by atoms with Crippen molar-refractivity contribution in [1.82, 2.24) is 4.98 Å². The second-order valence-corrected chi connectivity index (χ2v) is 6.88. The van der Waals surface area contributed by atoms with E-state index in [0.29, 0.717) is 11.6 Å². The summed E-state index contributed by atoms with van der Waals surface area (Å²) < 4.78 is 5.69. The maximum absolute atomic E-state index is 12.1. The molecule has 0 unspecified atom stereocenters. The largest absolute Gasteiger partial charge is 0.444 e. The summed E-state index contributed by atoms with van der Waals surface area (Å²) in [5.74, 6) is 0.543. The molecule has 0 atom stereocenters. The van der Waals surface area contributed by atoms with E-state index in [-0.39, 0.29) is 6.03 Å². The summed E-state index contributed by atoms with van der Waals surface area (Å²) in [5.41, 5.74) is 6.47. The normalized spacial score (nSPS) is 10.6. The number of anilines is 2. The van der Waals surface area contributed by atoms with Crippen LogP contribution in [0.1, 0.15) is 11.1 Å². The molecule has 5 heteroatoms. The van der Waals surface area contributed by atoms with Crippen LogP contribution < -0.4 is 10.6 Å². The van der Waals surface area contributed by atoms with Gasteiger partial charge >= 0.3 is 6.03 Å². The van der Waals surface area contributed by atoms with Crippen molar-refractivity contribution < 1.29 is 9.21 Å². The van der Waals surface area contributed by atoms with Crippen LogP contribution in [0.15, 0.2) is 83.5 Å². The zero-order valence-corrected chi connectivity index (χ0v) is 16.3. The summed E-state index contributed by atoms with van der Waals surface area (Å²) in [4.78, 5) is 16.7. The molecule has 0 aliphatic heterocycles. The molecule has 0 aliphatic rings. The van der Waals surface area contributed by atoms with Gasteiger partial charge in [-0.15, -0.1) is 0 Å². The first-order valence-corrected chi connectivity index (χ1v) is 9.35. The van der Waals surface area contributed by atoms with E-state index in [1.165, 1.54) is 5.56 Å². The van der Waals surface area contributed by atoms with E-state index in [9.17, 15) is 4.79 Å². The maximum atomic E-state index is 12.1. The van der Waals surface area contributed by atoms with Crippen LogP contribution in [-0.4, -0.2) is 11.0 Å². The lowest BCUT2D eigenvalue weighted by Gasteiger charge is -2.07. The van der Waals surface area contributed by atoms with Crippen LogP contribution >= 0.6 is 0 Å². The molecule has 0 saturated heterocycles. The Morgan fingerprint density at radius 3 is 2.28 bits per heavy atom. The average Bonchev–Trinajstić information content (AvgIpc) is 3.21. The highest BCUT2D eigenvalue weighted by atomic mass is 16.3. The molecule has 29 heavy (non-hydrogen) atoms. The highest BCUT2D eigenvalue weighted by Gasteiger charge is 2.11. The zero-order valence-electron chi connectivity index (χ0n) is 16.3. The number of hydrogen-bond acceptors (Lipinski definition) is 3. The Balaban J connectivity index is 1.46. The maximum Gasteiger partial charge on any atom is 0.323 e. The Kier molecular flexibility index (Phi) is 5.12. The van der Waals surface area contributed by atoms with Crippen LogP contribution in [0.3, 0.4) is 0 Å². The van der Waals surface area contributed by atoms with Crippen molar-refractivity contribution in [1.29, 1.82) is 0 Å². The fourth-order valence-corrected chi connectivity index (χ4v) is 3.05. The van der Waals surface area contributed by atoms with E-state index >= 15 is 0 Å². The molecular weight excluding hydrogens is 362 g/mol. The second-order valence-electron chi connectivity index (χ2n) is 6.88. The number of nitrogens with zero attached hydrogens (tertiary/aromatic N) is 1. The van der Waals surface area contributed by atoms with Crippen molar-refractivity contribution in [2.24, 2.45) is 0 Å². The van der Waals surface area contributed by atoms with Gasteiger partial charge in [0.25, 0.3) is 0 Å². The molecule has 2 amide bonds. The molecule has 1 aromatic heterocycles. The predicted octanol–water partition coefficient (Wildman–Crippen LogP) is 6.27. The van der Waals surface area contributed by atoms with Gasteiger partial charge in [-0.3, -0.25) is 0 Å². The molecule has 3 aromatic carbocycles. The Bertz CT molecular complexity index is 1130. The third-order valence-electron chi connectivity index (χ3n) is 4.59. The number of aryl methyl sites for hydroxylation is 2. The molecule has 5 nitrogen and oxygen atoms in total. The number of para-hydroxylation sites is 1. The highest BCUT2D eigenvalue weighted by Crippen LogP contribution is 2.28. The number of urea groups is 1. The Morgan fingerprint density at radius 1 is 0.862 bits per heavy atom. The van der Waals surface area contributed by atoms with Crippen molar-refractivity contribution in [2.75, 3.05) is 10.6 Å². The molecule has 0 saturated carbocycles. The molecule has 1 heterocycles. The number of nitrogens with one attached hydrogen (secondary N) is 2. The smallest absolute Gasteiger partial charge is 0.323 e. The van der Waals surface area contributed by atoms with Crippen molar-refractivity contribution in [3.8, 4) is 22.7 Å². The highest BCUT2D eigenvalue weighted by molar-refractivity contribution is 5.99. The molecule has 0 spiro atoms. The number of aromatic nitrogens is 1. The van der Waals surface area contributed by atoms with Crippen LogP contribution in [0.2, 0.25) is 0 Å². The first kappa shape index (κ1) is 18.5. The number of carbonyl (C=O) groups excluding carboxylic acids is 1. The molecule has 4 rings (SSSR count). The van der Waals surface area contributed by atoms with E-state index in [1.807, 2.05) is 54.6 Å². The number of amides is 2. The summed E-state index contributed by atoms with van der Waals surface area (Å²) in [6.07, 6.45) is 1.68. The molecular formula is C24H21N3O2. The minimum Gasteiger partial charge on any atom is -0.444 e. The van der Waals surface area contributed by atoms with Gasteiger partial charge < -0.3 is 15.1 Å². The van der Waals surface area contributed by atoms with Crippen LogP contribution in [0.25, 0.3) is 22.7 Å². The fourth-order valence-electron chi connectivity index (χ4n) is 3.05. The minimum absolute atomic E-state index is 0.294. The summed E-state index contributed by atoms with van der Waals surface area (Å²) in [6, 6.07) is 22.7. The van der Waals surface area contributed by atoms with E-state index in [4.69, 9.17) is 4.42 Å². The van der Waals surface area contributed by atoms with Crippen LogP contribution in [0, 0.1) is 13.8 Å². The zero-order chi connectivity index (χ0) is 20.2. The van der Waals surface area contributed by atoms with Crippen molar-refractivity contribution in [2.45, 2.75) is 13.8 Å². The van der Waals surface area contributed by atoms with Gasteiger partial charge in [0.1, 0.15) is 12.0 Å². The summed E-state index contributed by atoms with van der Waals surface area (Å²) in [7, 11) is 0. The van der Waals surface area contributed by atoms with Crippen molar-refractivity contribution in [3.63, 3.8) is 0 Å². The number of benzene rings is 3. The van der Waals surface area contributed by atoms with Gasteiger partial charge in [0.15, 0.2) is 0 Å². The standard InChI is InChI=1S/C24H21N3O2/c1-16-8-9-17(2)21(14-16)22-15-29-23(27-22)18-10-12-20(13-11-18)26-24(28)25-19-6-4-3-5-7-19/h3-15H,1-2H3,(H2,25,26,28). The Hall–Kier alpha value is -3.86. The average molecular weight is 383 g/mol. The molecule has 0 aliphatic carbocycles. The van der Waals surface area contributed by atoms with Crippen LogP contribution in [0.5, 0.6) is 0 Å². The quantitative estimate of drug-likeness (QED) is 0.436. The number of oxazole rings is 1. The molecule has 2 N–H and O–H groups in total. The third kappa shape index (κ3) is 4.35. The molecule has 0 bridgehead atoms. The summed E-state index contributed by atoms with van der Waals surface area (Å²) in [6.45, 7) is 4.12. The number of rotatable bonds is 4. The molecule has 144 valence electrons. The Morgan fingerprint density at radius 2 is 1.55 bits per heavy atom. The van der Waals surface area contributed by atoms with Crippen molar-refractivity contribution >= 4 is 17.4 Å². The van der Waals surface area contributed by atoms with Gasteiger partial charge in [-0.1, -0.05) is 35.9 Å². The monoisotopic (exact) mass is 383 g/mol. The molecule has 0 fully saturated rings. The SMILES string of the molecule is Cc1ccc(C)c(-c2coc(-c3ccc(NC(=O)Nc4ccccc4)cc3)n2)c1. The minimum atomic E-state index is -0.294. The van der Waals surface area contributed by atoms with Gasteiger partial charge in [0.05, 0.1) is 0 Å². The van der Waals surface area contributed by atoms with Gasteiger partial charge in [-0.25, -0.2) is 9.78 Å². The number of hydrogen-bond donors (Lipinski definition) is 2. The lowest BCUT2D eigenvalue weighted by Crippen LogP contribution is -2.19. The summed E-state index contributed by atoms with van der Waals surface area (Å²) >= 11 is 0. The van der Waals surface area contributed by atoms with Crippen LogP contribution in [-0.2, 0) is 0 Å². The van der Waals surface area contributed by atoms with Crippen LogP contribution in [0.4, 0.5) is 16.2 Å². The third-order valence-corrected chi connectivity index (χ3v) is 4.59. The lowest BCUT2D eigenvalue weighted by molar-refractivity contribution is 0.262. The van der Waals surface area contributed by atoms with E-state index in [1.54, 1.807) is 6.26 Å². The first-order chi connectivity index (χ1) is 14.1. The lowest BCUT2D eigenvalue weighted by atomic mass is 10.0. The van der Waals surface area contributed by atoms with E-state index in [2.05, 4.69) is 47.7 Å². The molecule has 4 aromatic rings. The Labute approximate surface area is 169 Å². The van der Waals surface area contributed by atoms with Gasteiger partial charge in [-0.2, -0.15) is 0 Å². The van der Waals surface area contributed by atoms with E-state index < -0.39 is 0 Å². The number of carbonyl (C=O) groups is 1. The van der Waals surface area contributed by atoms with Crippen molar-refractivity contribution in [3.05, 3.63) is 90.2 Å². The van der Waals surface area contributed by atoms with E-state index in [0.717, 1.165) is 28.1 Å². The topological polar surface area (TPSA) is 67.2 Å². The first-order valence-electron chi connectivity index (χ1n) is 9.35. The van der Waals surface area contributed by atoms with Gasteiger partial charge in [0.2, 0.25) is 5.89 Å².